The van der Waals surface area contributed by atoms with E-state index in [-0.39, 0.29) is 34.3 Å². The van der Waals surface area contributed by atoms with E-state index in [0.717, 1.165) is 18.2 Å². The first kappa shape index (κ1) is 28.8. The number of carbonyl (C=O) groups is 1. The fraction of sp³-hybridized carbons (Fsp3) is 0.0800. The quantitative estimate of drug-likeness (QED) is 0.0804. The van der Waals surface area contributed by atoms with Gasteiger partial charge in [-0.3, -0.25) is 19.2 Å². The van der Waals surface area contributed by atoms with Gasteiger partial charge in [0.2, 0.25) is 0 Å². The Bertz CT molecular complexity index is 1890. The van der Waals surface area contributed by atoms with E-state index in [1.807, 2.05) is 0 Å². The third-order valence-corrected chi connectivity index (χ3v) is 7.50. The zero-order valence-electron chi connectivity index (χ0n) is 20.5. The summed E-state index contributed by atoms with van der Waals surface area (Å²) in [5, 5.41) is 29.7. The first-order chi connectivity index (χ1) is 18.8. The number of anilines is 1. The van der Waals surface area contributed by atoms with Crippen molar-refractivity contribution < 1.29 is 46.0 Å². The van der Waals surface area contributed by atoms with Crippen molar-refractivity contribution in [2.45, 2.75) is 23.3 Å². The molecule has 0 fully saturated rings. The number of azo groups is 1. The van der Waals surface area contributed by atoms with Gasteiger partial charge in [-0.05, 0) is 48.2 Å². The SMILES string of the molecule is Cc1ccccc1C(=O)Nc1cc(S(=O)(=O)O)cc2cc(S(=O)(=O)O)c(N=Nc3ccccc3COO)c(O)c12. The van der Waals surface area contributed by atoms with Crippen LogP contribution in [-0.2, 0) is 31.7 Å². The number of rotatable bonds is 8. The number of phenolic OH excluding ortho intramolecular Hbond substituents is 1. The lowest BCUT2D eigenvalue weighted by atomic mass is 10.0. The molecule has 4 aromatic carbocycles. The summed E-state index contributed by atoms with van der Waals surface area (Å²) in [7, 11) is -9.96. The number of hydrogen-bond acceptors (Lipinski definition) is 10. The number of aryl methyl sites for hydroxylation is 1. The van der Waals surface area contributed by atoms with E-state index in [4.69, 9.17) is 5.26 Å². The molecule has 0 unspecified atom stereocenters. The normalized spacial score (nSPS) is 12.2. The van der Waals surface area contributed by atoms with E-state index in [0.29, 0.717) is 11.1 Å². The topological polar surface area (TPSA) is 212 Å². The van der Waals surface area contributed by atoms with Crippen molar-refractivity contribution in [3.8, 4) is 5.75 Å². The van der Waals surface area contributed by atoms with Crippen LogP contribution in [-0.4, -0.2) is 42.2 Å². The van der Waals surface area contributed by atoms with Crippen LogP contribution in [0.5, 0.6) is 5.75 Å². The van der Waals surface area contributed by atoms with Crippen molar-refractivity contribution in [1.82, 2.24) is 0 Å². The van der Waals surface area contributed by atoms with Gasteiger partial charge in [0, 0.05) is 16.5 Å². The number of amides is 1. The molecule has 0 aliphatic carbocycles. The molecule has 13 nitrogen and oxygen atoms in total. The summed E-state index contributed by atoms with van der Waals surface area (Å²) in [5.74, 6) is -1.59. The molecule has 40 heavy (non-hydrogen) atoms. The molecule has 0 aromatic heterocycles. The van der Waals surface area contributed by atoms with Gasteiger partial charge in [0.1, 0.15) is 17.2 Å². The number of nitrogens with one attached hydrogen (secondary N) is 1. The molecular weight excluding hydrogens is 566 g/mol. The van der Waals surface area contributed by atoms with Crippen LogP contribution in [0, 0.1) is 6.92 Å². The van der Waals surface area contributed by atoms with Crippen molar-refractivity contribution in [1.29, 1.82) is 0 Å². The summed E-state index contributed by atoms with van der Waals surface area (Å²) in [4.78, 5) is 15.5. The lowest BCUT2D eigenvalue weighted by molar-refractivity contribution is -0.252. The Hall–Kier alpha value is -4.25. The van der Waals surface area contributed by atoms with Crippen molar-refractivity contribution in [3.63, 3.8) is 0 Å². The maximum Gasteiger partial charge on any atom is 0.296 e. The Morgan fingerprint density at radius 3 is 2.25 bits per heavy atom. The van der Waals surface area contributed by atoms with Crippen molar-refractivity contribution in [2.24, 2.45) is 10.2 Å². The van der Waals surface area contributed by atoms with E-state index >= 15 is 0 Å². The highest BCUT2D eigenvalue weighted by Crippen LogP contribution is 2.45. The molecule has 0 saturated carbocycles. The summed E-state index contributed by atoms with van der Waals surface area (Å²) in [6.45, 7) is 1.37. The Kier molecular flexibility index (Phi) is 7.97. The highest BCUT2D eigenvalue weighted by atomic mass is 32.2. The molecule has 0 aliphatic rings. The molecule has 15 heteroatoms. The standard InChI is InChI=1S/C25H21N3O10S2/c1-14-6-2-4-8-18(14)25(30)26-20-12-17(39(32,33)34)10-16-11-21(40(35,36)37)23(24(29)22(16)20)28-27-19-9-5-3-7-15(19)13-38-31/h2-12,29,31H,13H2,1H3,(H,26,30)(H,32,33,34)(H,35,36,37). The smallest absolute Gasteiger partial charge is 0.296 e. The molecule has 4 aromatic rings. The van der Waals surface area contributed by atoms with Gasteiger partial charge in [-0.15, -0.1) is 5.11 Å². The maximum absolute atomic E-state index is 13.1. The molecule has 1 amide bonds. The zero-order chi connectivity index (χ0) is 29.2. The average Bonchev–Trinajstić information content (AvgIpc) is 2.87. The monoisotopic (exact) mass is 587 g/mol. The molecule has 0 spiro atoms. The first-order valence-corrected chi connectivity index (χ1v) is 14.1. The van der Waals surface area contributed by atoms with Crippen molar-refractivity contribution >= 4 is 54.0 Å². The maximum atomic E-state index is 13.1. The van der Waals surface area contributed by atoms with Gasteiger partial charge < -0.3 is 10.4 Å². The first-order valence-electron chi connectivity index (χ1n) is 11.2. The van der Waals surface area contributed by atoms with Crippen LogP contribution >= 0.6 is 0 Å². The average molecular weight is 588 g/mol. The zero-order valence-corrected chi connectivity index (χ0v) is 22.1. The highest BCUT2D eigenvalue weighted by Gasteiger charge is 2.26. The van der Waals surface area contributed by atoms with Crippen molar-refractivity contribution in [3.05, 3.63) is 83.4 Å². The van der Waals surface area contributed by atoms with Crippen LogP contribution in [0.4, 0.5) is 17.1 Å². The number of aromatic hydroxyl groups is 1. The Labute approximate surface area is 227 Å². The van der Waals surface area contributed by atoms with Crippen LogP contribution in [0.2, 0.25) is 0 Å². The minimum absolute atomic E-state index is 0.118. The molecule has 5 N–H and O–H groups in total. The minimum atomic E-state index is -5.08. The van der Waals surface area contributed by atoms with E-state index in [9.17, 15) is 35.8 Å². The van der Waals surface area contributed by atoms with Gasteiger partial charge in [0.25, 0.3) is 26.1 Å². The number of hydrogen-bond donors (Lipinski definition) is 5. The van der Waals surface area contributed by atoms with Crippen LogP contribution in [0.1, 0.15) is 21.5 Å². The van der Waals surface area contributed by atoms with Gasteiger partial charge in [0.15, 0.2) is 5.75 Å². The molecule has 4 rings (SSSR count). The number of benzene rings is 4. The molecule has 0 saturated heterocycles. The third kappa shape index (κ3) is 5.99. The summed E-state index contributed by atoms with van der Waals surface area (Å²) in [6, 6.07) is 15.1. The van der Waals surface area contributed by atoms with Gasteiger partial charge in [-0.25, -0.2) is 4.89 Å². The fourth-order valence-electron chi connectivity index (χ4n) is 3.92. The fourth-order valence-corrected chi connectivity index (χ4v) is 5.12. The van der Waals surface area contributed by atoms with E-state index in [1.54, 1.807) is 37.3 Å². The lowest BCUT2D eigenvalue weighted by Crippen LogP contribution is -2.14. The summed E-state index contributed by atoms with van der Waals surface area (Å²) in [5.41, 5.74) is 0.195. The molecule has 0 radical (unpaired) electrons. The number of carbonyl (C=O) groups excluding carboxylic acids is 1. The predicted octanol–water partition coefficient (Wildman–Crippen LogP) is 5.00. The van der Waals surface area contributed by atoms with Crippen LogP contribution < -0.4 is 5.32 Å². The second-order valence-electron chi connectivity index (χ2n) is 8.46. The molecule has 0 bridgehead atoms. The molecule has 208 valence electrons. The summed E-state index contributed by atoms with van der Waals surface area (Å²) < 4.78 is 68.0. The van der Waals surface area contributed by atoms with E-state index < -0.39 is 47.4 Å². The van der Waals surface area contributed by atoms with E-state index in [2.05, 4.69) is 20.4 Å². The highest BCUT2D eigenvalue weighted by molar-refractivity contribution is 7.86. The molecule has 0 aliphatic heterocycles. The lowest BCUT2D eigenvalue weighted by Gasteiger charge is -2.15. The van der Waals surface area contributed by atoms with Crippen LogP contribution in [0.15, 0.2) is 86.7 Å². The summed E-state index contributed by atoms with van der Waals surface area (Å²) in [6.07, 6.45) is 0. The number of fused-ring (bicyclic) bond motifs is 1. The Balaban J connectivity index is 2.00. The minimum Gasteiger partial charge on any atom is -0.505 e. The Morgan fingerprint density at radius 1 is 0.925 bits per heavy atom. The van der Waals surface area contributed by atoms with Gasteiger partial charge >= 0.3 is 0 Å². The number of nitrogens with zero attached hydrogens (tertiary/aromatic N) is 2. The van der Waals surface area contributed by atoms with Crippen molar-refractivity contribution in [2.75, 3.05) is 5.32 Å². The second kappa shape index (κ2) is 11.1. The molecular formula is C25H21N3O10S2. The van der Waals surface area contributed by atoms with Crippen LogP contribution in [0.3, 0.4) is 0 Å². The van der Waals surface area contributed by atoms with Gasteiger partial charge in [0.05, 0.1) is 16.3 Å². The third-order valence-electron chi connectivity index (χ3n) is 5.81. The largest absolute Gasteiger partial charge is 0.505 e. The molecule has 0 heterocycles. The second-order valence-corrected chi connectivity index (χ2v) is 11.3. The predicted molar refractivity (Wildman–Crippen MR) is 142 cm³/mol. The number of phenols is 1. The van der Waals surface area contributed by atoms with Gasteiger partial charge in [-0.2, -0.15) is 21.9 Å². The van der Waals surface area contributed by atoms with Crippen LogP contribution in [0.25, 0.3) is 10.8 Å². The Morgan fingerprint density at radius 2 is 1.60 bits per heavy atom. The summed E-state index contributed by atoms with van der Waals surface area (Å²) >= 11 is 0. The van der Waals surface area contributed by atoms with Gasteiger partial charge in [-0.1, -0.05) is 36.4 Å². The molecule has 0 atom stereocenters. The van der Waals surface area contributed by atoms with E-state index in [1.165, 1.54) is 18.2 Å².